The first-order valence-electron chi connectivity index (χ1n) is 11.3. The molecule has 2 aromatic rings. The van der Waals surface area contributed by atoms with Crippen LogP contribution in [0.25, 0.3) is 0 Å². The Morgan fingerprint density at radius 1 is 0.758 bits per heavy atom. The zero-order valence-electron chi connectivity index (χ0n) is 20.0. The van der Waals surface area contributed by atoms with Gasteiger partial charge in [-0.15, -0.1) is 0 Å². The van der Waals surface area contributed by atoms with Crippen LogP contribution in [0.3, 0.4) is 0 Å². The molecule has 2 aromatic carbocycles. The Morgan fingerprint density at radius 3 is 1.85 bits per heavy atom. The highest BCUT2D eigenvalue weighted by Gasteiger charge is 2.16. The second-order valence-corrected chi connectivity index (χ2v) is 7.07. The molecule has 8 heteroatoms. The maximum Gasteiger partial charge on any atom is 0.251 e. The van der Waals surface area contributed by atoms with E-state index in [9.17, 15) is 9.59 Å². The van der Waals surface area contributed by atoms with Crippen LogP contribution in [0.15, 0.2) is 36.4 Å². The second kappa shape index (κ2) is 13.2. The number of carbonyl (C=O) groups is 2. The van der Waals surface area contributed by atoms with E-state index in [2.05, 4.69) is 10.6 Å². The third kappa shape index (κ3) is 7.59. The molecule has 2 N–H and O–H groups in total. The van der Waals surface area contributed by atoms with Crippen LogP contribution in [0, 0.1) is 0 Å². The van der Waals surface area contributed by atoms with Crippen molar-refractivity contribution in [2.45, 2.75) is 40.7 Å². The predicted octanol–water partition coefficient (Wildman–Crippen LogP) is 3.89. The first-order valence-corrected chi connectivity index (χ1v) is 11.3. The van der Waals surface area contributed by atoms with E-state index in [0.717, 1.165) is 5.56 Å². The van der Waals surface area contributed by atoms with Crippen molar-refractivity contribution in [3.63, 3.8) is 0 Å². The van der Waals surface area contributed by atoms with Gasteiger partial charge in [-0.3, -0.25) is 9.59 Å². The fraction of sp³-hybridized carbons (Fsp3) is 0.440. The summed E-state index contributed by atoms with van der Waals surface area (Å²) in [5.74, 6) is 1.68. The minimum absolute atomic E-state index is 0.157. The molecule has 0 heterocycles. The second-order valence-electron chi connectivity index (χ2n) is 7.07. The van der Waals surface area contributed by atoms with Crippen LogP contribution in [-0.2, 0) is 4.79 Å². The van der Waals surface area contributed by atoms with Gasteiger partial charge in [0.15, 0.2) is 23.0 Å². The maximum absolute atomic E-state index is 12.5. The molecule has 0 aliphatic carbocycles. The summed E-state index contributed by atoms with van der Waals surface area (Å²) in [5, 5.41) is 5.53. The van der Waals surface area contributed by atoms with E-state index < -0.39 is 0 Å². The molecule has 8 nitrogen and oxygen atoms in total. The molecule has 1 atom stereocenters. The van der Waals surface area contributed by atoms with Crippen molar-refractivity contribution in [1.29, 1.82) is 0 Å². The van der Waals surface area contributed by atoms with Crippen LogP contribution in [-0.4, -0.2) is 44.8 Å². The Kier molecular flexibility index (Phi) is 10.3. The summed E-state index contributed by atoms with van der Waals surface area (Å²) in [6, 6.07) is 10.2. The van der Waals surface area contributed by atoms with Gasteiger partial charge in [-0.2, -0.15) is 0 Å². The Balaban J connectivity index is 1.97. The van der Waals surface area contributed by atoms with Crippen molar-refractivity contribution in [3.05, 3.63) is 47.5 Å². The van der Waals surface area contributed by atoms with Crippen LogP contribution in [0.1, 0.15) is 56.6 Å². The number of hydrogen-bond acceptors (Lipinski definition) is 6. The summed E-state index contributed by atoms with van der Waals surface area (Å²) >= 11 is 0. The van der Waals surface area contributed by atoms with Gasteiger partial charge in [0, 0.05) is 5.56 Å². The largest absolute Gasteiger partial charge is 0.490 e. The van der Waals surface area contributed by atoms with E-state index in [-0.39, 0.29) is 24.4 Å². The molecule has 180 valence electrons. The van der Waals surface area contributed by atoms with Gasteiger partial charge in [-0.25, -0.2) is 0 Å². The quantitative estimate of drug-likeness (QED) is 0.473. The topological polar surface area (TPSA) is 95.1 Å². The summed E-state index contributed by atoms with van der Waals surface area (Å²) in [5.41, 5.74) is 1.25. The number of carbonyl (C=O) groups excluding carboxylic acids is 2. The maximum atomic E-state index is 12.5. The van der Waals surface area contributed by atoms with Gasteiger partial charge in [-0.05, 0) is 70.5 Å². The monoisotopic (exact) mass is 458 g/mol. The smallest absolute Gasteiger partial charge is 0.251 e. The molecule has 33 heavy (non-hydrogen) atoms. The average molecular weight is 459 g/mol. The van der Waals surface area contributed by atoms with E-state index >= 15 is 0 Å². The van der Waals surface area contributed by atoms with E-state index in [1.54, 1.807) is 18.2 Å². The van der Waals surface area contributed by atoms with Crippen LogP contribution >= 0.6 is 0 Å². The first kappa shape index (κ1) is 25.8. The third-order valence-electron chi connectivity index (χ3n) is 4.66. The summed E-state index contributed by atoms with van der Waals surface area (Å²) < 4.78 is 22.3. The highest BCUT2D eigenvalue weighted by molar-refractivity contribution is 5.97. The van der Waals surface area contributed by atoms with Crippen LogP contribution < -0.4 is 29.6 Å². The van der Waals surface area contributed by atoms with E-state index in [0.29, 0.717) is 55.0 Å². The van der Waals surface area contributed by atoms with Crippen molar-refractivity contribution in [2.24, 2.45) is 0 Å². The van der Waals surface area contributed by atoms with Gasteiger partial charge in [0.05, 0.1) is 39.0 Å². The number of benzene rings is 2. The lowest BCUT2D eigenvalue weighted by molar-refractivity contribution is -0.120. The standard InChI is InChI=1S/C25H34N2O6/c1-6-30-20-12-10-18(14-22(20)32-8-3)17(5)27-24(28)16-26-25(29)19-11-13-21(31-7-2)23(15-19)33-9-4/h10-15,17H,6-9,16H2,1-5H3,(H,26,29)(H,27,28). The van der Waals surface area contributed by atoms with Crippen molar-refractivity contribution >= 4 is 11.8 Å². The first-order chi connectivity index (χ1) is 15.9. The summed E-state index contributed by atoms with van der Waals surface area (Å²) in [4.78, 5) is 25.0. The molecular weight excluding hydrogens is 424 g/mol. The molecule has 0 fully saturated rings. The molecule has 1 unspecified atom stereocenters. The minimum Gasteiger partial charge on any atom is -0.490 e. The predicted molar refractivity (Wildman–Crippen MR) is 126 cm³/mol. The van der Waals surface area contributed by atoms with Gasteiger partial charge in [-0.1, -0.05) is 6.07 Å². The lowest BCUT2D eigenvalue weighted by atomic mass is 10.1. The van der Waals surface area contributed by atoms with Gasteiger partial charge in [0.25, 0.3) is 5.91 Å². The van der Waals surface area contributed by atoms with Crippen molar-refractivity contribution in [3.8, 4) is 23.0 Å². The van der Waals surface area contributed by atoms with Crippen molar-refractivity contribution in [2.75, 3.05) is 33.0 Å². The molecule has 2 rings (SSSR count). The molecule has 0 saturated heterocycles. The molecule has 0 bridgehead atoms. The summed E-state index contributed by atoms with van der Waals surface area (Å²) in [7, 11) is 0. The van der Waals surface area contributed by atoms with Crippen molar-refractivity contribution < 1.29 is 28.5 Å². The summed E-state index contributed by atoms with van der Waals surface area (Å²) in [6.07, 6.45) is 0. The van der Waals surface area contributed by atoms with Crippen molar-refractivity contribution in [1.82, 2.24) is 10.6 Å². The zero-order chi connectivity index (χ0) is 24.2. The van der Waals surface area contributed by atoms with E-state index in [1.807, 2.05) is 52.8 Å². The van der Waals surface area contributed by atoms with Gasteiger partial charge in [0.2, 0.25) is 5.91 Å². The Labute approximate surface area is 195 Å². The molecule has 2 amide bonds. The fourth-order valence-corrected chi connectivity index (χ4v) is 3.17. The Bertz CT molecular complexity index is 931. The molecule has 0 spiro atoms. The molecule has 0 aliphatic rings. The molecular formula is C25H34N2O6. The number of nitrogens with one attached hydrogen (secondary N) is 2. The van der Waals surface area contributed by atoms with Gasteiger partial charge in [0.1, 0.15) is 0 Å². The highest BCUT2D eigenvalue weighted by atomic mass is 16.5. The molecule has 0 aromatic heterocycles. The minimum atomic E-state index is -0.374. The Morgan fingerprint density at radius 2 is 1.27 bits per heavy atom. The lowest BCUT2D eigenvalue weighted by Gasteiger charge is -2.18. The van der Waals surface area contributed by atoms with Crippen LogP contribution in [0.5, 0.6) is 23.0 Å². The van der Waals surface area contributed by atoms with Gasteiger partial charge < -0.3 is 29.6 Å². The normalized spacial score (nSPS) is 11.3. The SMILES string of the molecule is CCOc1ccc(C(=O)NCC(=O)NC(C)c2ccc(OCC)c(OCC)c2)cc1OCC. The zero-order valence-corrected chi connectivity index (χ0v) is 20.0. The molecule has 0 saturated carbocycles. The number of ether oxygens (including phenoxy) is 4. The molecule has 0 aliphatic heterocycles. The van der Waals surface area contributed by atoms with Crippen LogP contribution in [0.2, 0.25) is 0 Å². The third-order valence-corrected chi connectivity index (χ3v) is 4.66. The summed E-state index contributed by atoms with van der Waals surface area (Å²) in [6.45, 7) is 11.2. The number of amides is 2. The number of rotatable bonds is 13. The fourth-order valence-electron chi connectivity index (χ4n) is 3.17. The Hall–Kier alpha value is -3.42. The van der Waals surface area contributed by atoms with Gasteiger partial charge >= 0.3 is 0 Å². The highest BCUT2D eigenvalue weighted by Crippen LogP contribution is 2.31. The molecule has 0 radical (unpaired) electrons. The lowest BCUT2D eigenvalue weighted by Crippen LogP contribution is -2.38. The van der Waals surface area contributed by atoms with E-state index in [4.69, 9.17) is 18.9 Å². The average Bonchev–Trinajstić information content (AvgIpc) is 2.80. The number of hydrogen-bond donors (Lipinski definition) is 2. The van der Waals surface area contributed by atoms with E-state index in [1.165, 1.54) is 0 Å². The van der Waals surface area contributed by atoms with Crippen LogP contribution in [0.4, 0.5) is 0 Å².